The van der Waals surface area contributed by atoms with Crippen LogP contribution in [0.25, 0.3) is 0 Å². The van der Waals surface area contributed by atoms with Crippen LogP contribution in [-0.4, -0.2) is 21.8 Å². The zero-order valence-corrected chi connectivity index (χ0v) is 21.0. The van der Waals surface area contributed by atoms with Crippen molar-refractivity contribution in [1.29, 1.82) is 0 Å². The second-order valence-electron chi connectivity index (χ2n) is 8.40. The van der Waals surface area contributed by atoms with Gasteiger partial charge in [-0.15, -0.1) is 23.7 Å². The van der Waals surface area contributed by atoms with Gasteiger partial charge < -0.3 is 8.85 Å². The summed E-state index contributed by atoms with van der Waals surface area (Å²) in [6.45, 7) is 9.95. The fourth-order valence-corrected chi connectivity index (χ4v) is 4.68. The molecular formula is C26H48O2Si. The summed E-state index contributed by atoms with van der Waals surface area (Å²) in [5.74, 6) is 12.2. The lowest BCUT2D eigenvalue weighted by Crippen LogP contribution is -2.35. The average Bonchev–Trinajstić information content (AvgIpc) is 2.70. The van der Waals surface area contributed by atoms with Crippen molar-refractivity contribution in [3.8, 4) is 23.7 Å². The first-order valence-electron chi connectivity index (χ1n) is 12.2. The Kier molecular flexibility index (Phi) is 21.4. The maximum absolute atomic E-state index is 6.08. The predicted molar refractivity (Wildman–Crippen MR) is 130 cm³/mol. The summed E-state index contributed by atoms with van der Waals surface area (Å²) in [4.78, 5) is 0. The maximum atomic E-state index is 6.08. The molecule has 0 rings (SSSR count). The Morgan fingerprint density at radius 3 is 1.14 bits per heavy atom. The molecule has 0 spiro atoms. The van der Waals surface area contributed by atoms with Crippen molar-refractivity contribution in [2.45, 2.75) is 130 Å². The van der Waals surface area contributed by atoms with Crippen molar-refractivity contribution in [3.63, 3.8) is 0 Å². The summed E-state index contributed by atoms with van der Waals surface area (Å²) in [5, 5.41) is 0. The minimum atomic E-state index is -1.92. The van der Waals surface area contributed by atoms with E-state index >= 15 is 0 Å². The lowest BCUT2D eigenvalue weighted by atomic mass is 10.1. The van der Waals surface area contributed by atoms with E-state index in [0.29, 0.717) is 0 Å². The molecule has 168 valence electrons. The van der Waals surface area contributed by atoms with Gasteiger partial charge in [0.1, 0.15) is 0 Å². The first-order valence-corrected chi connectivity index (χ1v) is 15.0. The van der Waals surface area contributed by atoms with Gasteiger partial charge in [0.05, 0.1) is 0 Å². The van der Waals surface area contributed by atoms with Gasteiger partial charge in [0.25, 0.3) is 0 Å². The number of rotatable bonds is 20. The monoisotopic (exact) mass is 420 g/mol. The smallest absolute Gasteiger partial charge is 0.331 e. The average molecular weight is 421 g/mol. The molecule has 0 aliphatic heterocycles. The van der Waals surface area contributed by atoms with Crippen molar-refractivity contribution in [2.24, 2.45) is 0 Å². The van der Waals surface area contributed by atoms with E-state index in [1.807, 2.05) is 13.8 Å². The van der Waals surface area contributed by atoms with E-state index in [1.165, 1.54) is 89.9 Å². The van der Waals surface area contributed by atoms with Crippen molar-refractivity contribution in [3.05, 3.63) is 0 Å². The minimum Gasteiger partial charge on any atom is -0.395 e. The highest BCUT2D eigenvalue weighted by molar-refractivity contribution is 6.64. The molecule has 0 radical (unpaired) electrons. The minimum absolute atomic E-state index is 0.869. The molecule has 0 saturated heterocycles. The molecule has 0 atom stereocenters. The molecule has 0 aromatic rings. The Hall–Kier alpha value is -0.743. The SMILES string of the molecule is CC#CCCCCCCCCCO[Si](C)(C)OCCCCCCCCCC#CC. The Labute approximate surface area is 184 Å². The zero-order valence-electron chi connectivity index (χ0n) is 20.0. The molecule has 0 bridgehead atoms. The molecule has 0 heterocycles. The third kappa shape index (κ3) is 23.4. The van der Waals surface area contributed by atoms with Crippen LogP contribution in [0.4, 0.5) is 0 Å². The second-order valence-corrected chi connectivity index (χ2v) is 11.8. The molecule has 29 heavy (non-hydrogen) atoms. The van der Waals surface area contributed by atoms with E-state index in [4.69, 9.17) is 8.85 Å². The lowest BCUT2D eigenvalue weighted by Gasteiger charge is -2.23. The van der Waals surface area contributed by atoms with Gasteiger partial charge in [0, 0.05) is 26.1 Å². The predicted octanol–water partition coefficient (Wildman–Crippen LogP) is 8.01. The van der Waals surface area contributed by atoms with Crippen molar-refractivity contribution in [2.75, 3.05) is 13.2 Å². The largest absolute Gasteiger partial charge is 0.395 e. The molecule has 0 saturated carbocycles. The summed E-state index contributed by atoms with van der Waals surface area (Å²) >= 11 is 0. The molecule has 0 unspecified atom stereocenters. The Morgan fingerprint density at radius 1 is 0.483 bits per heavy atom. The van der Waals surface area contributed by atoms with Crippen LogP contribution in [0.5, 0.6) is 0 Å². The lowest BCUT2D eigenvalue weighted by molar-refractivity contribution is 0.172. The normalized spacial score (nSPS) is 10.9. The van der Waals surface area contributed by atoms with Gasteiger partial charge >= 0.3 is 8.56 Å². The van der Waals surface area contributed by atoms with Crippen molar-refractivity contribution in [1.82, 2.24) is 0 Å². The van der Waals surface area contributed by atoms with E-state index in [0.717, 1.165) is 26.1 Å². The van der Waals surface area contributed by atoms with E-state index < -0.39 is 8.56 Å². The highest BCUT2D eigenvalue weighted by Crippen LogP contribution is 2.13. The summed E-state index contributed by atoms with van der Waals surface area (Å²) in [5.41, 5.74) is 0. The molecule has 0 aromatic heterocycles. The van der Waals surface area contributed by atoms with Crippen LogP contribution in [0.1, 0.15) is 117 Å². The molecule has 0 aliphatic carbocycles. The molecule has 0 aromatic carbocycles. The van der Waals surface area contributed by atoms with Gasteiger partial charge in [-0.25, -0.2) is 0 Å². The first-order chi connectivity index (χ1) is 14.1. The molecular weight excluding hydrogens is 372 g/mol. The van der Waals surface area contributed by atoms with Crippen molar-refractivity contribution >= 4 is 8.56 Å². The summed E-state index contributed by atoms with van der Waals surface area (Å²) in [7, 11) is -1.92. The Balaban J connectivity index is 3.35. The highest BCUT2D eigenvalue weighted by Gasteiger charge is 2.23. The van der Waals surface area contributed by atoms with Crippen LogP contribution in [0.2, 0.25) is 13.1 Å². The fraction of sp³-hybridized carbons (Fsp3) is 0.846. The van der Waals surface area contributed by atoms with Gasteiger partial charge in [-0.3, -0.25) is 0 Å². The van der Waals surface area contributed by atoms with Crippen LogP contribution < -0.4 is 0 Å². The van der Waals surface area contributed by atoms with E-state index in [-0.39, 0.29) is 0 Å². The number of hydrogen-bond acceptors (Lipinski definition) is 2. The third-order valence-electron chi connectivity index (χ3n) is 5.15. The topological polar surface area (TPSA) is 18.5 Å². The van der Waals surface area contributed by atoms with Crippen LogP contribution in [0.3, 0.4) is 0 Å². The van der Waals surface area contributed by atoms with Gasteiger partial charge in [-0.1, -0.05) is 64.2 Å². The number of unbranched alkanes of at least 4 members (excludes halogenated alkanes) is 14. The molecule has 0 N–H and O–H groups in total. The van der Waals surface area contributed by atoms with Gasteiger partial charge in [0.15, 0.2) is 0 Å². The summed E-state index contributed by atoms with van der Waals surface area (Å²) in [6, 6.07) is 0. The Bertz CT molecular complexity index is 423. The van der Waals surface area contributed by atoms with Crippen molar-refractivity contribution < 1.29 is 8.85 Å². The van der Waals surface area contributed by atoms with E-state index in [2.05, 4.69) is 36.8 Å². The molecule has 3 heteroatoms. The number of hydrogen-bond donors (Lipinski definition) is 0. The Morgan fingerprint density at radius 2 is 0.793 bits per heavy atom. The third-order valence-corrected chi connectivity index (χ3v) is 6.94. The van der Waals surface area contributed by atoms with Gasteiger partial charge in [-0.2, -0.15) is 0 Å². The highest BCUT2D eigenvalue weighted by atomic mass is 28.4. The van der Waals surface area contributed by atoms with Crippen LogP contribution in [-0.2, 0) is 8.85 Å². The first kappa shape index (κ1) is 28.3. The standard InChI is InChI=1S/C26H48O2Si/c1-5-7-9-11-13-15-17-19-21-23-25-27-29(3,4)28-26-24-22-20-18-16-14-12-10-8-6-2/h9-26H2,1-4H3. The van der Waals surface area contributed by atoms with Gasteiger partial charge in [0.2, 0.25) is 0 Å². The zero-order chi connectivity index (χ0) is 21.5. The molecule has 2 nitrogen and oxygen atoms in total. The fourth-order valence-electron chi connectivity index (χ4n) is 3.33. The molecule has 0 fully saturated rings. The second kappa shape index (κ2) is 22.0. The summed E-state index contributed by atoms with van der Waals surface area (Å²) < 4.78 is 12.2. The van der Waals surface area contributed by atoms with Crippen LogP contribution in [0.15, 0.2) is 0 Å². The van der Waals surface area contributed by atoms with E-state index in [1.54, 1.807) is 0 Å². The van der Waals surface area contributed by atoms with Gasteiger partial charge in [-0.05, 0) is 52.6 Å². The van der Waals surface area contributed by atoms with E-state index in [9.17, 15) is 0 Å². The van der Waals surface area contributed by atoms with Crippen LogP contribution in [0, 0.1) is 23.7 Å². The molecule has 0 amide bonds. The molecule has 0 aliphatic rings. The quantitative estimate of drug-likeness (QED) is 0.113. The van der Waals surface area contributed by atoms with Crippen LogP contribution >= 0.6 is 0 Å². The summed E-state index contributed by atoms with van der Waals surface area (Å²) in [6.07, 6.45) is 20.3. The maximum Gasteiger partial charge on any atom is 0.331 e.